The summed E-state index contributed by atoms with van der Waals surface area (Å²) in [4.78, 5) is 28.8. The van der Waals surface area contributed by atoms with Crippen LogP contribution in [-0.2, 0) is 34.3 Å². The van der Waals surface area contributed by atoms with Crippen LogP contribution in [0.1, 0.15) is 70.9 Å². The highest BCUT2D eigenvalue weighted by Gasteiger charge is 2.34. The van der Waals surface area contributed by atoms with E-state index in [1.807, 2.05) is 6.08 Å². The summed E-state index contributed by atoms with van der Waals surface area (Å²) in [7, 11) is 0. The number of carbonyl (C=O) groups is 2. The van der Waals surface area contributed by atoms with Crippen molar-refractivity contribution in [3.05, 3.63) is 70.5 Å². The molecule has 1 aliphatic rings. The molecule has 1 aromatic carbocycles. The summed E-state index contributed by atoms with van der Waals surface area (Å²) in [6.07, 6.45) is 8.52. The molecule has 0 bridgehead atoms. The molecular weight excluding hydrogens is 422 g/mol. The Morgan fingerprint density at radius 3 is 2.26 bits per heavy atom. The van der Waals surface area contributed by atoms with E-state index in [1.54, 1.807) is 6.92 Å². The molecule has 2 aromatic rings. The first-order chi connectivity index (χ1) is 15.9. The lowest BCUT2D eigenvalue weighted by Gasteiger charge is -2.29. The molecule has 1 saturated heterocycles. The molecule has 0 unspecified atom stereocenters. The van der Waals surface area contributed by atoms with Crippen molar-refractivity contribution in [3.63, 3.8) is 0 Å². The Bertz CT molecular complexity index is 1170. The fourth-order valence-corrected chi connectivity index (χ4v) is 4.36. The molecule has 0 aliphatic carbocycles. The highest BCUT2D eigenvalue weighted by molar-refractivity contribution is 5.97. The smallest absolute Gasteiger partial charge is 0.243 e. The number of carbonyl (C=O) groups excluding carboxylic acids is 2. The molecule has 2 amide bonds. The highest BCUT2D eigenvalue weighted by atomic mass is 16.2. The first-order valence-corrected chi connectivity index (χ1v) is 12.1. The number of nitrogens with one attached hydrogen (secondary N) is 3. The van der Waals surface area contributed by atoms with Gasteiger partial charge in [-0.1, -0.05) is 49.3 Å². The predicted molar refractivity (Wildman–Crippen MR) is 141 cm³/mol. The Morgan fingerprint density at radius 2 is 1.65 bits per heavy atom. The standard InChI is InChI=1S/C29H39N3O2/c1-9-29(7,8)26-23(16-24-28(34)30-19(6)27(33)31-24)22-15-20(12-10-17(2)3)14-21(25(22)32-26)13-11-18(4)5/h9-11,14-15,19,24,32H,1,12-13,16H2,2-8H3,(H,30,34)(H,31,33)/t19-,24-/m1/s1. The van der Waals surface area contributed by atoms with Crippen molar-refractivity contribution >= 4 is 22.7 Å². The van der Waals surface area contributed by atoms with Crippen molar-refractivity contribution < 1.29 is 9.59 Å². The van der Waals surface area contributed by atoms with Crippen LogP contribution in [0.25, 0.3) is 10.9 Å². The Hall–Kier alpha value is -3.08. The van der Waals surface area contributed by atoms with Crippen molar-refractivity contribution in [2.75, 3.05) is 0 Å². The number of amides is 2. The molecule has 0 radical (unpaired) electrons. The third-order valence-electron chi connectivity index (χ3n) is 6.58. The normalized spacial score (nSPS) is 18.3. The number of hydrogen-bond donors (Lipinski definition) is 3. The molecule has 0 spiro atoms. The van der Waals surface area contributed by atoms with Crippen LogP contribution in [0, 0.1) is 0 Å². The molecule has 5 nitrogen and oxygen atoms in total. The summed E-state index contributed by atoms with van der Waals surface area (Å²) in [6.45, 7) is 18.5. The maximum atomic E-state index is 12.8. The third kappa shape index (κ3) is 5.52. The first-order valence-electron chi connectivity index (χ1n) is 12.1. The highest BCUT2D eigenvalue weighted by Crippen LogP contribution is 2.36. The van der Waals surface area contributed by atoms with Gasteiger partial charge in [0.25, 0.3) is 0 Å². The van der Waals surface area contributed by atoms with Gasteiger partial charge in [-0.3, -0.25) is 9.59 Å². The molecule has 0 saturated carbocycles. The number of H-pyrrole nitrogens is 1. The van der Waals surface area contributed by atoms with Gasteiger partial charge in [-0.05, 0) is 70.2 Å². The molecule has 2 atom stereocenters. The average molecular weight is 462 g/mol. The van der Waals surface area contributed by atoms with E-state index in [0.717, 1.165) is 35.0 Å². The molecule has 5 heteroatoms. The van der Waals surface area contributed by atoms with Gasteiger partial charge in [0, 0.05) is 28.4 Å². The molecule has 182 valence electrons. The topological polar surface area (TPSA) is 74.0 Å². The maximum absolute atomic E-state index is 12.8. The van der Waals surface area contributed by atoms with Crippen LogP contribution >= 0.6 is 0 Å². The number of aromatic nitrogens is 1. The van der Waals surface area contributed by atoms with E-state index in [-0.39, 0.29) is 17.2 Å². The number of piperazine rings is 1. The Kier molecular flexibility index (Phi) is 7.54. The minimum absolute atomic E-state index is 0.144. The quantitative estimate of drug-likeness (QED) is 0.473. The summed E-state index contributed by atoms with van der Waals surface area (Å²) in [5.41, 5.74) is 7.89. The van der Waals surface area contributed by atoms with Gasteiger partial charge in [0.1, 0.15) is 12.1 Å². The summed E-state index contributed by atoms with van der Waals surface area (Å²) in [6, 6.07) is 3.40. The van der Waals surface area contributed by atoms with Gasteiger partial charge in [0.05, 0.1) is 0 Å². The molecule has 3 N–H and O–H groups in total. The van der Waals surface area contributed by atoms with Crippen LogP contribution in [0.4, 0.5) is 0 Å². The zero-order valence-electron chi connectivity index (χ0n) is 21.7. The van der Waals surface area contributed by atoms with E-state index in [2.05, 4.69) is 88.0 Å². The van der Waals surface area contributed by atoms with Gasteiger partial charge in [0.2, 0.25) is 11.8 Å². The maximum Gasteiger partial charge on any atom is 0.243 e. The van der Waals surface area contributed by atoms with Gasteiger partial charge in [-0.2, -0.15) is 0 Å². The van der Waals surface area contributed by atoms with Crippen LogP contribution in [0.2, 0.25) is 0 Å². The lowest BCUT2D eigenvalue weighted by atomic mass is 9.84. The number of hydrogen-bond acceptors (Lipinski definition) is 2. The van der Waals surface area contributed by atoms with Gasteiger partial charge in [-0.25, -0.2) is 0 Å². The van der Waals surface area contributed by atoms with E-state index >= 15 is 0 Å². The van der Waals surface area contributed by atoms with E-state index in [0.29, 0.717) is 6.42 Å². The van der Waals surface area contributed by atoms with Crippen molar-refractivity contribution in [3.8, 4) is 0 Å². The van der Waals surface area contributed by atoms with Crippen LogP contribution in [0.5, 0.6) is 0 Å². The Morgan fingerprint density at radius 1 is 1.00 bits per heavy atom. The van der Waals surface area contributed by atoms with Crippen molar-refractivity contribution in [2.24, 2.45) is 0 Å². The summed E-state index contributed by atoms with van der Waals surface area (Å²) in [5.74, 6) is -0.295. The lowest BCUT2D eigenvalue weighted by molar-refractivity contribution is -0.136. The number of benzene rings is 1. The zero-order chi connectivity index (χ0) is 25.2. The van der Waals surface area contributed by atoms with Crippen LogP contribution in [-0.4, -0.2) is 28.9 Å². The SMILES string of the molecule is C=CC(C)(C)c1[nH]c2c(CC=C(C)C)cc(CC=C(C)C)cc2c1C[C@H]1NC(=O)[C@@H](C)NC1=O. The molecule has 1 aromatic heterocycles. The van der Waals surface area contributed by atoms with E-state index in [9.17, 15) is 9.59 Å². The van der Waals surface area contributed by atoms with Crippen molar-refractivity contribution in [1.82, 2.24) is 15.6 Å². The summed E-state index contributed by atoms with van der Waals surface area (Å²) >= 11 is 0. The van der Waals surface area contributed by atoms with Gasteiger partial charge >= 0.3 is 0 Å². The predicted octanol–water partition coefficient (Wildman–Crippen LogP) is 5.19. The van der Waals surface area contributed by atoms with Crippen molar-refractivity contribution in [1.29, 1.82) is 0 Å². The molecule has 1 aliphatic heterocycles. The third-order valence-corrected chi connectivity index (χ3v) is 6.58. The Labute approximate surface area is 203 Å². The second kappa shape index (κ2) is 10.0. The number of allylic oxidation sites excluding steroid dienone is 5. The minimum Gasteiger partial charge on any atom is -0.357 e. The fourth-order valence-electron chi connectivity index (χ4n) is 4.36. The van der Waals surface area contributed by atoms with Crippen LogP contribution in [0.3, 0.4) is 0 Å². The van der Waals surface area contributed by atoms with Crippen molar-refractivity contribution in [2.45, 2.75) is 85.2 Å². The zero-order valence-corrected chi connectivity index (χ0v) is 21.7. The molecule has 3 rings (SSSR count). The monoisotopic (exact) mass is 461 g/mol. The number of rotatable bonds is 8. The lowest BCUT2D eigenvalue weighted by Crippen LogP contribution is -2.61. The van der Waals surface area contributed by atoms with Gasteiger partial charge < -0.3 is 15.6 Å². The summed E-state index contributed by atoms with van der Waals surface area (Å²) < 4.78 is 0. The molecule has 34 heavy (non-hydrogen) atoms. The van der Waals surface area contributed by atoms with E-state index in [4.69, 9.17) is 0 Å². The molecular formula is C29H39N3O2. The van der Waals surface area contributed by atoms with E-state index < -0.39 is 12.1 Å². The first kappa shape index (κ1) is 25.5. The largest absolute Gasteiger partial charge is 0.357 e. The number of fused-ring (bicyclic) bond motifs is 1. The van der Waals surface area contributed by atoms with Crippen LogP contribution in [0.15, 0.2) is 48.1 Å². The fraction of sp³-hybridized carbons (Fsp3) is 0.448. The number of aromatic amines is 1. The van der Waals surface area contributed by atoms with Gasteiger partial charge in [-0.15, -0.1) is 6.58 Å². The Balaban J connectivity index is 2.22. The molecule has 2 heterocycles. The van der Waals surface area contributed by atoms with Gasteiger partial charge in [0.15, 0.2) is 0 Å². The van der Waals surface area contributed by atoms with E-state index in [1.165, 1.54) is 22.3 Å². The summed E-state index contributed by atoms with van der Waals surface area (Å²) in [5, 5.41) is 6.83. The van der Waals surface area contributed by atoms with Crippen LogP contribution < -0.4 is 10.6 Å². The minimum atomic E-state index is -0.607. The molecule has 1 fully saturated rings. The second-order valence-corrected chi connectivity index (χ2v) is 10.5. The average Bonchev–Trinajstić information content (AvgIpc) is 3.13. The second-order valence-electron chi connectivity index (χ2n) is 10.5.